The molecule has 7 heteroatoms. The molecule has 2 aromatic rings. The number of hydrogen-bond acceptors (Lipinski definition) is 4. The zero-order chi connectivity index (χ0) is 17.2. The van der Waals surface area contributed by atoms with E-state index >= 15 is 0 Å². The molecule has 0 atom stereocenters. The van der Waals surface area contributed by atoms with Crippen molar-refractivity contribution >= 4 is 37.3 Å². The molecule has 0 aliphatic carbocycles. The van der Waals surface area contributed by atoms with Crippen LogP contribution < -0.4 is 9.62 Å². The molecule has 1 saturated heterocycles. The lowest BCUT2D eigenvalue weighted by Gasteiger charge is -2.30. The van der Waals surface area contributed by atoms with Gasteiger partial charge in [0.15, 0.2) is 0 Å². The summed E-state index contributed by atoms with van der Waals surface area (Å²) >= 11 is 3.42. The summed E-state index contributed by atoms with van der Waals surface area (Å²) in [5, 5.41) is 0. The van der Waals surface area contributed by atoms with Crippen LogP contribution in [0.5, 0.6) is 0 Å². The van der Waals surface area contributed by atoms with Gasteiger partial charge in [-0.25, -0.2) is 8.42 Å². The Labute approximate surface area is 150 Å². The Balaban J connectivity index is 1.93. The van der Waals surface area contributed by atoms with Crippen molar-refractivity contribution in [2.24, 2.45) is 0 Å². The molecule has 1 N–H and O–H groups in total. The maximum absolute atomic E-state index is 12.7. The van der Waals surface area contributed by atoms with Crippen molar-refractivity contribution in [3.05, 3.63) is 52.5 Å². The largest absolute Gasteiger partial charge is 0.378 e. The Morgan fingerprint density at radius 3 is 2.42 bits per heavy atom. The fourth-order valence-electron chi connectivity index (χ4n) is 2.59. The zero-order valence-electron chi connectivity index (χ0n) is 13.3. The number of nitrogens with one attached hydrogen (secondary N) is 1. The maximum atomic E-state index is 12.7. The molecule has 1 aliphatic heterocycles. The fraction of sp³-hybridized carbons (Fsp3) is 0.294. The highest BCUT2D eigenvalue weighted by Gasteiger charge is 2.20. The topological polar surface area (TPSA) is 58.6 Å². The van der Waals surface area contributed by atoms with Crippen molar-refractivity contribution in [2.75, 3.05) is 35.9 Å². The van der Waals surface area contributed by atoms with Gasteiger partial charge in [-0.1, -0.05) is 33.6 Å². The minimum atomic E-state index is -3.64. The Hall–Kier alpha value is -1.57. The number of rotatable bonds is 4. The van der Waals surface area contributed by atoms with Crippen molar-refractivity contribution in [3.63, 3.8) is 0 Å². The number of anilines is 2. The molecule has 1 heterocycles. The zero-order valence-corrected chi connectivity index (χ0v) is 15.7. The van der Waals surface area contributed by atoms with Gasteiger partial charge < -0.3 is 9.64 Å². The van der Waals surface area contributed by atoms with Gasteiger partial charge in [0.1, 0.15) is 0 Å². The van der Waals surface area contributed by atoms with Gasteiger partial charge in [0.2, 0.25) is 0 Å². The third kappa shape index (κ3) is 3.91. The predicted molar refractivity (Wildman–Crippen MR) is 99.2 cm³/mol. The molecule has 3 rings (SSSR count). The van der Waals surface area contributed by atoms with E-state index in [1.807, 2.05) is 19.1 Å². The second-order valence-corrected chi connectivity index (χ2v) is 8.28. The number of sulfonamides is 1. The highest BCUT2D eigenvalue weighted by molar-refractivity contribution is 9.10. The Bertz CT molecular complexity index is 816. The predicted octanol–water partition coefficient (Wildman–Crippen LogP) is 3.39. The van der Waals surface area contributed by atoms with Crippen molar-refractivity contribution in [3.8, 4) is 0 Å². The number of morpholine rings is 1. The summed E-state index contributed by atoms with van der Waals surface area (Å²) in [6.45, 7) is 4.68. The molecule has 0 aromatic heterocycles. The van der Waals surface area contributed by atoms with Crippen LogP contribution in [0, 0.1) is 6.92 Å². The summed E-state index contributed by atoms with van der Waals surface area (Å²) in [6.07, 6.45) is 0. The summed E-state index contributed by atoms with van der Waals surface area (Å²) < 4.78 is 34.3. The highest BCUT2D eigenvalue weighted by Crippen LogP contribution is 2.31. The molecule has 0 radical (unpaired) electrons. The first-order valence-corrected chi connectivity index (χ1v) is 9.95. The molecule has 24 heavy (non-hydrogen) atoms. The summed E-state index contributed by atoms with van der Waals surface area (Å²) in [4.78, 5) is 2.38. The quantitative estimate of drug-likeness (QED) is 0.838. The summed E-state index contributed by atoms with van der Waals surface area (Å²) in [5.41, 5.74) is 2.44. The summed E-state index contributed by atoms with van der Waals surface area (Å²) in [7, 11) is -3.64. The van der Waals surface area contributed by atoms with Crippen molar-refractivity contribution in [1.29, 1.82) is 0 Å². The Morgan fingerprint density at radius 2 is 1.75 bits per heavy atom. The fourth-order valence-corrected chi connectivity index (χ4v) is 4.02. The van der Waals surface area contributed by atoms with Crippen LogP contribution >= 0.6 is 15.9 Å². The van der Waals surface area contributed by atoms with Gasteiger partial charge >= 0.3 is 0 Å². The van der Waals surface area contributed by atoms with Crippen LogP contribution in [0.4, 0.5) is 11.4 Å². The second kappa shape index (κ2) is 7.13. The van der Waals surface area contributed by atoms with E-state index in [1.165, 1.54) is 0 Å². The molecule has 0 unspecified atom stereocenters. The van der Waals surface area contributed by atoms with E-state index in [0.717, 1.165) is 28.8 Å². The summed E-state index contributed by atoms with van der Waals surface area (Å²) in [6, 6.07) is 12.4. The molecule has 1 fully saturated rings. The van der Waals surface area contributed by atoms with Gasteiger partial charge in [-0.15, -0.1) is 0 Å². The maximum Gasteiger partial charge on any atom is 0.261 e. The molecule has 5 nitrogen and oxygen atoms in total. The molecule has 0 spiro atoms. The van der Waals surface area contributed by atoms with Gasteiger partial charge in [-0.3, -0.25) is 4.72 Å². The standard InChI is InChI=1S/C17H19BrN2O3S/c1-13-2-5-15(6-3-13)24(21,22)19-16-12-14(18)4-7-17(16)20-8-10-23-11-9-20/h2-7,12,19H,8-11H2,1H3. The van der Waals surface area contributed by atoms with Gasteiger partial charge in [-0.2, -0.15) is 0 Å². The highest BCUT2D eigenvalue weighted by atomic mass is 79.9. The van der Waals surface area contributed by atoms with Crippen molar-refractivity contribution < 1.29 is 13.2 Å². The number of hydrogen-bond donors (Lipinski definition) is 1. The van der Waals surface area contributed by atoms with Crippen LogP contribution in [-0.2, 0) is 14.8 Å². The minimum absolute atomic E-state index is 0.251. The minimum Gasteiger partial charge on any atom is -0.378 e. The molecule has 0 bridgehead atoms. The van der Waals surface area contributed by atoms with E-state index in [0.29, 0.717) is 18.9 Å². The Morgan fingerprint density at radius 1 is 1.08 bits per heavy atom. The van der Waals surface area contributed by atoms with Crippen molar-refractivity contribution in [2.45, 2.75) is 11.8 Å². The number of nitrogens with zero attached hydrogens (tertiary/aromatic N) is 1. The average molecular weight is 411 g/mol. The van der Waals surface area contributed by atoms with E-state index in [-0.39, 0.29) is 4.90 Å². The third-order valence-electron chi connectivity index (χ3n) is 3.89. The molecular formula is C17H19BrN2O3S. The summed E-state index contributed by atoms with van der Waals surface area (Å²) in [5.74, 6) is 0. The lowest BCUT2D eigenvalue weighted by Crippen LogP contribution is -2.36. The first-order chi connectivity index (χ1) is 11.5. The monoisotopic (exact) mass is 410 g/mol. The van der Waals surface area contributed by atoms with E-state index in [9.17, 15) is 8.42 Å². The SMILES string of the molecule is Cc1ccc(S(=O)(=O)Nc2cc(Br)ccc2N2CCOCC2)cc1. The first-order valence-electron chi connectivity index (χ1n) is 7.67. The molecule has 1 aliphatic rings. The van der Waals surface area contributed by atoms with Crippen LogP contribution in [-0.4, -0.2) is 34.7 Å². The average Bonchev–Trinajstić information content (AvgIpc) is 2.56. The van der Waals surface area contributed by atoms with E-state index < -0.39 is 10.0 Å². The number of benzene rings is 2. The van der Waals surface area contributed by atoms with Crippen LogP contribution in [0.2, 0.25) is 0 Å². The van der Waals surface area contributed by atoms with E-state index in [4.69, 9.17) is 4.74 Å². The lowest BCUT2D eigenvalue weighted by molar-refractivity contribution is 0.123. The number of halogens is 1. The molecule has 128 valence electrons. The Kier molecular flexibility index (Phi) is 5.12. The van der Waals surface area contributed by atoms with E-state index in [2.05, 4.69) is 25.6 Å². The third-order valence-corrected chi connectivity index (χ3v) is 5.76. The smallest absolute Gasteiger partial charge is 0.261 e. The van der Waals surface area contributed by atoms with Gasteiger partial charge in [-0.05, 0) is 37.3 Å². The van der Waals surface area contributed by atoms with Crippen LogP contribution in [0.25, 0.3) is 0 Å². The molecule has 0 amide bonds. The van der Waals surface area contributed by atoms with Gasteiger partial charge in [0.05, 0.1) is 29.5 Å². The number of ether oxygens (including phenoxy) is 1. The van der Waals surface area contributed by atoms with Crippen LogP contribution in [0.1, 0.15) is 5.56 Å². The van der Waals surface area contributed by atoms with Crippen LogP contribution in [0.15, 0.2) is 51.8 Å². The van der Waals surface area contributed by atoms with E-state index in [1.54, 1.807) is 30.3 Å². The molecule has 2 aromatic carbocycles. The van der Waals surface area contributed by atoms with Gasteiger partial charge in [0.25, 0.3) is 10.0 Å². The van der Waals surface area contributed by atoms with Crippen molar-refractivity contribution in [1.82, 2.24) is 0 Å². The lowest BCUT2D eigenvalue weighted by atomic mass is 10.2. The normalized spacial score (nSPS) is 15.3. The molecular weight excluding hydrogens is 392 g/mol. The molecule has 0 saturated carbocycles. The number of aryl methyl sites for hydroxylation is 1. The first kappa shape index (κ1) is 17.3. The van der Waals surface area contributed by atoms with Gasteiger partial charge in [0, 0.05) is 17.6 Å². The van der Waals surface area contributed by atoms with Crippen LogP contribution in [0.3, 0.4) is 0 Å². The second-order valence-electron chi connectivity index (χ2n) is 5.68.